The Labute approximate surface area is 203 Å². The van der Waals surface area contributed by atoms with E-state index < -0.39 is 0 Å². The van der Waals surface area contributed by atoms with Gasteiger partial charge in [0.25, 0.3) is 0 Å². The normalized spacial score (nSPS) is 11.0. The molecule has 196 valence electrons. The number of amides is 2. The zero-order valence-electron chi connectivity index (χ0n) is 21.7. The first-order valence-electron chi connectivity index (χ1n) is 13.6. The van der Waals surface area contributed by atoms with Crippen LogP contribution in [-0.2, 0) is 19.1 Å². The van der Waals surface area contributed by atoms with E-state index in [1.54, 1.807) is 0 Å². The van der Waals surface area contributed by atoms with Gasteiger partial charge < -0.3 is 25.4 Å². The molecule has 0 aromatic carbocycles. The first kappa shape index (κ1) is 31.8. The number of rotatable bonds is 25. The van der Waals surface area contributed by atoms with Crippen LogP contribution in [0.5, 0.6) is 0 Å². The van der Waals surface area contributed by atoms with E-state index in [-0.39, 0.29) is 24.7 Å². The molecule has 0 heterocycles. The maximum absolute atomic E-state index is 12.8. The fourth-order valence-corrected chi connectivity index (χ4v) is 3.66. The number of nitrogens with two attached hydrogens (primary N) is 1. The molecule has 0 saturated heterocycles. The van der Waals surface area contributed by atoms with Crippen LogP contribution >= 0.6 is 0 Å². The average Bonchev–Trinajstić information content (AvgIpc) is 2.82. The molecule has 2 amide bonds. The number of hydrogen-bond acceptors (Lipinski definition) is 5. The average molecular weight is 472 g/mol. The van der Waals surface area contributed by atoms with Gasteiger partial charge in [-0.25, -0.2) is 0 Å². The summed E-state index contributed by atoms with van der Waals surface area (Å²) in [4.78, 5) is 26.9. The lowest BCUT2D eigenvalue weighted by Crippen LogP contribution is -2.34. The summed E-state index contributed by atoms with van der Waals surface area (Å²) >= 11 is 0. The van der Waals surface area contributed by atoms with Crippen molar-refractivity contribution in [1.82, 2.24) is 10.2 Å². The van der Waals surface area contributed by atoms with Crippen molar-refractivity contribution in [2.75, 3.05) is 52.6 Å². The summed E-state index contributed by atoms with van der Waals surface area (Å²) in [5.41, 5.74) is 5.34. The van der Waals surface area contributed by atoms with E-state index in [1.165, 1.54) is 64.2 Å². The van der Waals surface area contributed by atoms with E-state index in [0.717, 1.165) is 25.9 Å². The third-order valence-corrected chi connectivity index (χ3v) is 5.68. The van der Waals surface area contributed by atoms with Gasteiger partial charge in [-0.15, -0.1) is 0 Å². The van der Waals surface area contributed by atoms with Crippen molar-refractivity contribution in [1.29, 1.82) is 0 Å². The van der Waals surface area contributed by atoms with E-state index in [1.807, 2.05) is 4.90 Å². The molecule has 0 aliphatic carbocycles. The Morgan fingerprint density at radius 2 is 1.21 bits per heavy atom. The lowest BCUT2D eigenvalue weighted by molar-refractivity contribution is -0.133. The number of nitrogens with one attached hydrogen (secondary N) is 1. The molecule has 0 fully saturated rings. The molecule has 7 nitrogen and oxygen atoms in total. The highest BCUT2D eigenvalue weighted by atomic mass is 16.5. The third kappa shape index (κ3) is 22.4. The van der Waals surface area contributed by atoms with Crippen molar-refractivity contribution in [3.63, 3.8) is 0 Å². The first-order chi connectivity index (χ1) is 16.2. The summed E-state index contributed by atoms with van der Waals surface area (Å²) in [7, 11) is 0. The maximum Gasteiger partial charge on any atom is 0.223 e. The minimum Gasteiger partial charge on any atom is -0.378 e. The van der Waals surface area contributed by atoms with Gasteiger partial charge >= 0.3 is 0 Å². The van der Waals surface area contributed by atoms with Crippen molar-refractivity contribution < 1.29 is 19.1 Å². The molecule has 0 aromatic rings. The molecule has 3 N–H and O–H groups in total. The van der Waals surface area contributed by atoms with Crippen molar-refractivity contribution in [3.8, 4) is 0 Å². The number of unbranched alkanes of at least 4 members (excludes halogenated alkanes) is 10. The summed E-state index contributed by atoms with van der Waals surface area (Å²) in [5.74, 6) is 0.0194. The number of ether oxygens (including phenoxy) is 2. The molecule has 0 aromatic heterocycles. The van der Waals surface area contributed by atoms with Gasteiger partial charge in [-0.3, -0.25) is 9.59 Å². The van der Waals surface area contributed by atoms with Crippen molar-refractivity contribution in [3.05, 3.63) is 0 Å². The van der Waals surface area contributed by atoms with Gasteiger partial charge in [0.05, 0.1) is 26.4 Å². The summed E-state index contributed by atoms with van der Waals surface area (Å²) < 4.78 is 10.6. The molecule has 7 heteroatoms. The summed E-state index contributed by atoms with van der Waals surface area (Å²) in [6.45, 7) is 9.01. The predicted molar refractivity (Wildman–Crippen MR) is 136 cm³/mol. The van der Waals surface area contributed by atoms with Crippen LogP contribution in [0.2, 0.25) is 0 Å². The molecule has 0 atom stereocenters. The highest BCUT2D eigenvalue weighted by molar-refractivity contribution is 5.83. The van der Waals surface area contributed by atoms with Crippen LogP contribution in [0.4, 0.5) is 0 Å². The molecule has 0 radical (unpaired) electrons. The van der Waals surface area contributed by atoms with Gasteiger partial charge in [-0.05, 0) is 12.8 Å². The Hall–Kier alpha value is -1.18. The van der Waals surface area contributed by atoms with Crippen molar-refractivity contribution >= 4 is 11.8 Å². The Kier molecular flexibility index (Phi) is 24.5. The van der Waals surface area contributed by atoms with Crippen LogP contribution in [0, 0.1) is 0 Å². The zero-order chi connectivity index (χ0) is 24.4. The Balaban J connectivity index is 4.10. The molecule has 0 rings (SSSR count). The second-order valence-corrected chi connectivity index (χ2v) is 8.78. The van der Waals surface area contributed by atoms with Gasteiger partial charge in [0.15, 0.2) is 0 Å². The van der Waals surface area contributed by atoms with Gasteiger partial charge in [-0.1, -0.05) is 78.1 Å². The summed E-state index contributed by atoms with van der Waals surface area (Å²) in [5, 5.41) is 2.83. The van der Waals surface area contributed by atoms with E-state index in [4.69, 9.17) is 15.2 Å². The number of nitrogens with zero attached hydrogens (tertiary/aromatic N) is 1. The van der Waals surface area contributed by atoms with Crippen LogP contribution < -0.4 is 11.1 Å². The second kappa shape index (κ2) is 25.4. The smallest absolute Gasteiger partial charge is 0.223 e. The molecule has 0 aliphatic heterocycles. The zero-order valence-corrected chi connectivity index (χ0v) is 21.7. The van der Waals surface area contributed by atoms with E-state index in [9.17, 15) is 9.59 Å². The number of carbonyl (C=O) groups is 2. The van der Waals surface area contributed by atoms with Crippen molar-refractivity contribution in [2.24, 2.45) is 5.73 Å². The first-order valence-corrected chi connectivity index (χ1v) is 13.6. The van der Waals surface area contributed by atoms with Gasteiger partial charge in [0.2, 0.25) is 11.8 Å². The minimum absolute atomic E-state index is 0.0922. The van der Waals surface area contributed by atoms with Gasteiger partial charge in [-0.2, -0.15) is 0 Å². The number of hydrogen-bond donors (Lipinski definition) is 2. The van der Waals surface area contributed by atoms with Crippen molar-refractivity contribution in [2.45, 2.75) is 104 Å². The topological polar surface area (TPSA) is 93.9 Å². The lowest BCUT2D eigenvalue weighted by atomic mass is 10.1. The minimum atomic E-state index is -0.0922. The molecular weight excluding hydrogens is 418 g/mol. The highest BCUT2D eigenvalue weighted by Crippen LogP contribution is 2.10. The molecule has 0 saturated carbocycles. The van der Waals surface area contributed by atoms with Gasteiger partial charge in [0.1, 0.15) is 0 Å². The fraction of sp³-hybridized carbons (Fsp3) is 0.923. The van der Waals surface area contributed by atoms with Crippen LogP contribution in [0.1, 0.15) is 104 Å². The molecule has 33 heavy (non-hydrogen) atoms. The van der Waals surface area contributed by atoms with E-state index in [2.05, 4.69) is 19.2 Å². The standard InChI is InChI=1S/C26H53N3O4/c1-3-5-7-9-11-13-19-29(20-14-12-10-8-6-4-2)26(31)16-15-25(30)28-18-22-33-24-23-32-21-17-27/h3-24,27H2,1-2H3,(H,28,30). The molecule has 0 aliphatic rings. The molecular formula is C26H53N3O4. The molecule has 0 spiro atoms. The van der Waals surface area contributed by atoms with Crippen LogP contribution in [0.15, 0.2) is 0 Å². The second-order valence-electron chi connectivity index (χ2n) is 8.78. The van der Waals surface area contributed by atoms with Crippen LogP contribution in [0.25, 0.3) is 0 Å². The summed E-state index contributed by atoms with van der Waals surface area (Å²) in [6, 6.07) is 0. The third-order valence-electron chi connectivity index (χ3n) is 5.68. The molecule has 0 unspecified atom stereocenters. The Bertz CT molecular complexity index is 433. The lowest BCUT2D eigenvalue weighted by Gasteiger charge is -2.23. The highest BCUT2D eigenvalue weighted by Gasteiger charge is 2.14. The van der Waals surface area contributed by atoms with Gasteiger partial charge in [0, 0.05) is 39.0 Å². The predicted octanol–water partition coefficient (Wildman–Crippen LogP) is 4.42. The fourth-order valence-electron chi connectivity index (χ4n) is 3.66. The number of carbonyl (C=O) groups excluding carboxylic acids is 2. The largest absolute Gasteiger partial charge is 0.378 e. The van der Waals surface area contributed by atoms with Crippen LogP contribution in [0.3, 0.4) is 0 Å². The quantitative estimate of drug-likeness (QED) is 0.192. The van der Waals surface area contributed by atoms with E-state index in [0.29, 0.717) is 39.5 Å². The monoisotopic (exact) mass is 471 g/mol. The molecule has 0 bridgehead atoms. The van der Waals surface area contributed by atoms with Crippen LogP contribution in [-0.4, -0.2) is 69.3 Å². The Morgan fingerprint density at radius 3 is 1.76 bits per heavy atom. The van der Waals surface area contributed by atoms with E-state index >= 15 is 0 Å². The SMILES string of the molecule is CCCCCCCCN(CCCCCCCC)C(=O)CCC(=O)NCCOCCOCCN. The summed E-state index contributed by atoms with van der Waals surface area (Å²) in [6.07, 6.45) is 15.1. The Morgan fingerprint density at radius 1 is 0.697 bits per heavy atom. The maximum atomic E-state index is 12.8.